The molecule has 1 saturated heterocycles. The molecule has 0 amide bonds. The van der Waals surface area contributed by atoms with E-state index in [1.54, 1.807) is 0 Å². The predicted molar refractivity (Wildman–Crippen MR) is 83.3 cm³/mol. The zero-order chi connectivity index (χ0) is 22.6. The van der Waals surface area contributed by atoms with E-state index in [1.807, 2.05) is 0 Å². The highest BCUT2D eigenvalue weighted by Gasteiger charge is 2.57. The van der Waals surface area contributed by atoms with Gasteiger partial charge < -0.3 is 23.7 Å². The molecule has 0 bridgehead atoms. The lowest BCUT2D eigenvalue weighted by molar-refractivity contribution is -0.295. The van der Waals surface area contributed by atoms with Crippen molar-refractivity contribution in [3.8, 4) is 0 Å². The number of rotatable bonds is 7. The largest absolute Gasteiger partial charge is 0.523 e. The molecule has 1 fully saturated rings. The maximum atomic E-state index is 12.8. The Morgan fingerprint density at radius 1 is 0.931 bits per heavy atom. The van der Waals surface area contributed by atoms with Gasteiger partial charge in [0.15, 0.2) is 24.6 Å². The van der Waals surface area contributed by atoms with E-state index in [2.05, 4.69) is 4.18 Å². The monoisotopic (exact) mass is 452 g/mol. The van der Waals surface area contributed by atoms with Crippen molar-refractivity contribution in [2.24, 2.45) is 0 Å². The number of carbonyl (C=O) groups excluding carboxylic acids is 3. The van der Waals surface area contributed by atoms with Gasteiger partial charge in [-0.2, -0.15) is 21.6 Å². The van der Waals surface area contributed by atoms with Gasteiger partial charge in [-0.3, -0.25) is 18.6 Å². The topological polar surface area (TPSA) is 141 Å². The third-order valence-corrected chi connectivity index (χ3v) is 4.44. The average molecular weight is 452 g/mol. The maximum absolute atomic E-state index is 12.8. The molecule has 0 aromatic rings. The zero-order valence-electron chi connectivity index (χ0n) is 15.6. The molecule has 1 heterocycles. The highest BCUT2D eigenvalue weighted by atomic mass is 32.2. The van der Waals surface area contributed by atoms with E-state index in [0.29, 0.717) is 0 Å². The number of hydrogen-bond acceptors (Lipinski definition) is 11. The lowest BCUT2D eigenvalue weighted by atomic mass is 9.98. The van der Waals surface area contributed by atoms with E-state index in [1.165, 1.54) is 0 Å². The summed E-state index contributed by atoms with van der Waals surface area (Å²) < 4.78 is 90.0. The first-order chi connectivity index (χ1) is 13.2. The molecule has 0 radical (unpaired) electrons. The number of alkyl halides is 3. The summed E-state index contributed by atoms with van der Waals surface area (Å²) in [6.45, 7) is 2.27. The quantitative estimate of drug-likeness (QED) is 0.223. The Balaban J connectivity index is 3.38. The summed E-state index contributed by atoms with van der Waals surface area (Å²) in [4.78, 5) is 34.0. The van der Waals surface area contributed by atoms with Gasteiger partial charge in [0.25, 0.3) is 0 Å². The highest BCUT2D eigenvalue weighted by Crippen LogP contribution is 2.34. The van der Waals surface area contributed by atoms with Crippen molar-refractivity contribution in [2.45, 2.75) is 57.0 Å². The van der Waals surface area contributed by atoms with E-state index in [0.717, 1.165) is 27.9 Å². The highest BCUT2D eigenvalue weighted by molar-refractivity contribution is 7.87. The van der Waals surface area contributed by atoms with E-state index in [-0.39, 0.29) is 0 Å². The number of halogens is 3. The van der Waals surface area contributed by atoms with Crippen molar-refractivity contribution in [1.82, 2.24) is 0 Å². The molecule has 11 nitrogen and oxygen atoms in total. The van der Waals surface area contributed by atoms with Gasteiger partial charge in [0.1, 0.15) is 12.7 Å². The number of methoxy groups -OCH3 is 1. The molecule has 29 heavy (non-hydrogen) atoms. The molecule has 0 aliphatic carbocycles. The lowest BCUT2D eigenvalue weighted by Crippen LogP contribution is -2.63. The SMILES string of the molecule is CO[C@@H]1O[C@H](COC(C)=O)[C@@H](OC(C)=O)[C@H](OC(C)=O)[C@H]1OS(=O)(=O)C(F)(F)F. The van der Waals surface area contributed by atoms with Crippen LogP contribution in [0, 0.1) is 0 Å². The molecule has 1 aliphatic rings. The van der Waals surface area contributed by atoms with Gasteiger partial charge in [-0.15, -0.1) is 0 Å². The van der Waals surface area contributed by atoms with Gasteiger partial charge in [-0.1, -0.05) is 0 Å². The van der Waals surface area contributed by atoms with Crippen LogP contribution < -0.4 is 0 Å². The lowest BCUT2D eigenvalue weighted by Gasteiger charge is -2.43. The average Bonchev–Trinajstić information content (AvgIpc) is 2.54. The van der Waals surface area contributed by atoms with E-state index in [9.17, 15) is 36.0 Å². The first-order valence-electron chi connectivity index (χ1n) is 7.85. The molecule has 0 aromatic heterocycles. The molecule has 15 heteroatoms. The van der Waals surface area contributed by atoms with Crippen molar-refractivity contribution in [1.29, 1.82) is 0 Å². The van der Waals surface area contributed by atoms with Crippen molar-refractivity contribution in [2.75, 3.05) is 13.7 Å². The first-order valence-corrected chi connectivity index (χ1v) is 9.26. The summed E-state index contributed by atoms with van der Waals surface area (Å²) in [6, 6.07) is 0. The van der Waals surface area contributed by atoms with Crippen molar-refractivity contribution < 1.29 is 63.8 Å². The number of carbonyl (C=O) groups is 3. The van der Waals surface area contributed by atoms with Crippen molar-refractivity contribution >= 4 is 28.0 Å². The Hall–Kier alpha value is -1.97. The second-order valence-corrected chi connectivity index (χ2v) is 7.25. The summed E-state index contributed by atoms with van der Waals surface area (Å²) >= 11 is 0. The minimum atomic E-state index is -6.18. The summed E-state index contributed by atoms with van der Waals surface area (Å²) in [6.07, 6.45) is -9.01. The number of ether oxygens (including phenoxy) is 5. The summed E-state index contributed by atoms with van der Waals surface area (Å²) in [5.41, 5.74) is -5.81. The van der Waals surface area contributed by atoms with Crippen molar-refractivity contribution in [3.05, 3.63) is 0 Å². The van der Waals surface area contributed by atoms with Crippen LogP contribution >= 0.6 is 0 Å². The second kappa shape index (κ2) is 9.69. The smallest absolute Gasteiger partial charge is 0.463 e. The van der Waals surface area contributed by atoms with E-state index < -0.39 is 70.8 Å². The molecule has 5 atom stereocenters. The normalized spacial score (nSPS) is 27.8. The molecule has 1 aliphatic heterocycles. The minimum Gasteiger partial charge on any atom is -0.463 e. The van der Waals surface area contributed by atoms with Gasteiger partial charge in [-0.05, 0) is 0 Å². The van der Waals surface area contributed by atoms with Crippen LogP contribution in [0.25, 0.3) is 0 Å². The van der Waals surface area contributed by atoms with Crippen LogP contribution in [-0.4, -0.2) is 76.3 Å². The third-order valence-electron chi connectivity index (χ3n) is 3.40. The van der Waals surface area contributed by atoms with Crippen LogP contribution in [0.2, 0.25) is 0 Å². The fourth-order valence-electron chi connectivity index (χ4n) is 2.37. The van der Waals surface area contributed by atoms with Gasteiger partial charge in [0, 0.05) is 27.9 Å². The van der Waals surface area contributed by atoms with E-state index in [4.69, 9.17) is 23.7 Å². The molecule has 0 N–H and O–H groups in total. The van der Waals surface area contributed by atoms with Crippen LogP contribution in [0.4, 0.5) is 13.2 Å². The summed E-state index contributed by atoms with van der Waals surface area (Å²) in [5.74, 6) is -2.81. The fourth-order valence-corrected chi connectivity index (χ4v) is 2.97. The fraction of sp³-hybridized carbons (Fsp3) is 0.786. The van der Waals surface area contributed by atoms with Crippen LogP contribution in [0.5, 0.6) is 0 Å². The zero-order valence-corrected chi connectivity index (χ0v) is 16.4. The molecule has 1 rings (SSSR count). The Kier molecular flexibility index (Phi) is 8.37. The van der Waals surface area contributed by atoms with E-state index >= 15 is 0 Å². The Morgan fingerprint density at radius 2 is 1.45 bits per heavy atom. The standard InChI is InChI=1S/C14H19F3O11S/c1-6(18)24-5-9-10(25-7(2)19)11(26-8(3)20)12(13(23-4)27-9)28-29(21,22)14(15,16)17/h9-13H,5H2,1-4H3/t9-,10-,11+,12-,13-/m1/s1. The summed E-state index contributed by atoms with van der Waals surface area (Å²) in [7, 11) is -5.24. The Labute approximate surface area is 163 Å². The molecule has 0 unspecified atom stereocenters. The molecule has 0 spiro atoms. The van der Waals surface area contributed by atoms with Gasteiger partial charge in [0.05, 0.1) is 0 Å². The van der Waals surface area contributed by atoms with Gasteiger partial charge in [-0.25, -0.2) is 0 Å². The van der Waals surface area contributed by atoms with Crippen LogP contribution in [-0.2, 0) is 52.4 Å². The predicted octanol–water partition coefficient (Wildman–Crippen LogP) is 0.0190. The van der Waals surface area contributed by atoms with Gasteiger partial charge in [0.2, 0.25) is 0 Å². The van der Waals surface area contributed by atoms with Crippen LogP contribution in [0.15, 0.2) is 0 Å². The summed E-state index contributed by atoms with van der Waals surface area (Å²) in [5, 5.41) is 0. The maximum Gasteiger partial charge on any atom is 0.523 e. The molecular weight excluding hydrogens is 433 g/mol. The van der Waals surface area contributed by atoms with Crippen molar-refractivity contribution in [3.63, 3.8) is 0 Å². The minimum absolute atomic E-state index is 0.580. The first kappa shape index (κ1) is 25.1. The van der Waals surface area contributed by atoms with Gasteiger partial charge >= 0.3 is 33.5 Å². The number of esters is 3. The van der Waals surface area contributed by atoms with Crippen LogP contribution in [0.1, 0.15) is 20.8 Å². The van der Waals surface area contributed by atoms with Crippen LogP contribution in [0.3, 0.4) is 0 Å². The third kappa shape index (κ3) is 6.80. The second-order valence-electron chi connectivity index (χ2n) is 5.69. The Morgan fingerprint density at radius 3 is 1.86 bits per heavy atom. The molecule has 0 aromatic carbocycles. The number of hydrogen-bond donors (Lipinski definition) is 0. The molecule has 0 saturated carbocycles. The Bertz CT molecular complexity index is 721. The molecule has 168 valence electrons. The molecular formula is C14H19F3O11S.